The van der Waals surface area contributed by atoms with Crippen molar-refractivity contribution < 1.29 is 9.90 Å². The zero-order chi connectivity index (χ0) is 13.1. The van der Waals surface area contributed by atoms with Crippen molar-refractivity contribution in [2.24, 2.45) is 11.8 Å². The van der Waals surface area contributed by atoms with Gasteiger partial charge in [-0.25, -0.2) is 0 Å². The number of carbonyl (C=O) groups excluding carboxylic acids is 1. The quantitative estimate of drug-likeness (QED) is 0.560. The Morgan fingerprint density at radius 1 is 1.29 bits per heavy atom. The molecule has 0 aromatic heterocycles. The molecule has 0 unspecified atom stereocenters. The lowest BCUT2D eigenvalue weighted by Crippen LogP contribution is -2.30. The Labute approximate surface area is 104 Å². The minimum Gasteiger partial charge on any atom is -0.390 e. The molecular formula is C15H24O2. The molecular weight excluding hydrogens is 212 g/mol. The van der Waals surface area contributed by atoms with Gasteiger partial charge < -0.3 is 5.11 Å². The van der Waals surface area contributed by atoms with Crippen LogP contribution in [0.1, 0.15) is 46.5 Å². The Hall–Kier alpha value is -0.890. The lowest BCUT2D eigenvalue weighted by atomic mass is 9.83. The number of hydrogen-bond acceptors (Lipinski definition) is 2. The second kappa shape index (κ2) is 5.63. The molecule has 0 aromatic carbocycles. The van der Waals surface area contributed by atoms with Gasteiger partial charge in [-0.1, -0.05) is 25.7 Å². The summed E-state index contributed by atoms with van der Waals surface area (Å²) in [4.78, 5) is 11.7. The van der Waals surface area contributed by atoms with Crippen LogP contribution in [0.2, 0.25) is 0 Å². The molecule has 96 valence electrons. The van der Waals surface area contributed by atoms with Crippen molar-refractivity contribution in [1.82, 2.24) is 0 Å². The number of aliphatic hydroxyl groups is 1. The summed E-state index contributed by atoms with van der Waals surface area (Å²) in [6.45, 7) is 9.61. The standard InChI is InChI=1S/C15H24O2/c1-11-5-8-13(15(3,4)17)9-7-12(2)14(16)10-6-11/h5,8,11,13,17H,2,6-7,9-10H2,1,3-4H3/b8-5-/t11-,13-/m1/s1. The van der Waals surface area contributed by atoms with Crippen molar-refractivity contribution >= 4 is 5.78 Å². The molecule has 1 N–H and O–H groups in total. The van der Waals surface area contributed by atoms with Crippen molar-refractivity contribution in [3.05, 3.63) is 24.3 Å². The van der Waals surface area contributed by atoms with Gasteiger partial charge >= 0.3 is 0 Å². The van der Waals surface area contributed by atoms with Gasteiger partial charge in [-0.2, -0.15) is 0 Å². The first-order valence-corrected chi connectivity index (χ1v) is 6.42. The normalized spacial score (nSPS) is 30.1. The number of allylic oxidation sites excluding steroid dienone is 2. The van der Waals surface area contributed by atoms with Gasteiger partial charge in [0.1, 0.15) is 0 Å². The molecule has 0 heterocycles. The average Bonchev–Trinajstić information content (AvgIpc) is 2.22. The summed E-state index contributed by atoms with van der Waals surface area (Å²) in [6.07, 6.45) is 7.17. The number of Topliss-reactive ketones (excluding diaryl/α,β-unsaturated/α-hetero) is 1. The largest absolute Gasteiger partial charge is 0.390 e. The minimum atomic E-state index is -0.737. The van der Waals surface area contributed by atoms with Gasteiger partial charge in [0.25, 0.3) is 0 Å². The molecule has 1 aliphatic carbocycles. The second-order valence-corrected chi connectivity index (χ2v) is 5.73. The van der Waals surface area contributed by atoms with E-state index in [-0.39, 0.29) is 11.7 Å². The van der Waals surface area contributed by atoms with E-state index in [2.05, 4.69) is 25.7 Å². The summed E-state index contributed by atoms with van der Waals surface area (Å²) in [5.41, 5.74) is -0.0274. The highest BCUT2D eigenvalue weighted by molar-refractivity contribution is 5.94. The molecule has 0 fully saturated rings. The first-order chi connectivity index (χ1) is 7.80. The van der Waals surface area contributed by atoms with Gasteiger partial charge in [0.15, 0.2) is 5.78 Å². The van der Waals surface area contributed by atoms with E-state index in [4.69, 9.17) is 0 Å². The molecule has 0 spiro atoms. The van der Waals surface area contributed by atoms with Crippen LogP contribution in [0.15, 0.2) is 24.3 Å². The summed E-state index contributed by atoms with van der Waals surface area (Å²) in [6, 6.07) is 0. The SMILES string of the molecule is C=C1CC[C@H](C(C)(C)O)/C=C\[C@@H](C)CCC1=O. The molecule has 0 aromatic rings. The zero-order valence-electron chi connectivity index (χ0n) is 11.2. The van der Waals surface area contributed by atoms with Crippen molar-refractivity contribution in [1.29, 1.82) is 0 Å². The zero-order valence-corrected chi connectivity index (χ0v) is 11.2. The third-order valence-electron chi connectivity index (χ3n) is 3.56. The fourth-order valence-corrected chi connectivity index (χ4v) is 2.11. The van der Waals surface area contributed by atoms with E-state index in [9.17, 15) is 9.90 Å². The van der Waals surface area contributed by atoms with E-state index in [0.29, 0.717) is 24.3 Å². The summed E-state index contributed by atoms with van der Waals surface area (Å²) in [5, 5.41) is 10.1. The summed E-state index contributed by atoms with van der Waals surface area (Å²) in [7, 11) is 0. The highest BCUT2D eigenvalue weighted by Crippen LogP contribution is 2.27. The van der Waals surface area contributed by atoms with E-state index in [1.165, 1.54) is 0 Å². The number of rotatable bonds is 1. The molecule has 17 heavy (non-hydrogen) atoms. The van der Waals surface area contributed by atoms with E-state index in [1.54, 1.807) is 0 Å². The topological polar surface area (TPSA) is 37.3 Å². The smallest absolute Gasteiger partial charge is 0.158 e. The first-order valence-electron chi connectivity index (χ1n) is 6.42. The summed E-state index contributed by atoms with van der Waals surface area (Å²) < 4.78 is 0. The average molecular weight is 236 g/mol. The van der Waals surface area contributed by atoms with Crippen LogP contribution >= 0.6 is 0 Å². The molecule has 1 aliphatic rings. The third-order valence-corrected chi connectivity index (χ3v) is 3.56. The Bertz CT molecular complexity index is 320. The van der Waals surface area contributed by atoms with Crippen molar-refractivity contribution in [3.8, 4) is 0 Å². The molecule has 0 saturated heterocycles. The monoisotopic (exact) mass is 236 g/mol. The molecule has 2 nitrogen and oxygen atoms in total. The lowest BCUT2D eigenvalue weighted by Gasteiger charge is -2.28. The second-order valence-electron chi connectivity index (χ2n) is 5.73. The molecule has 0 saturated carbocycles. The highest BCUT2D eigenvalue weighted by atomic mass is 16.3. The molecule has 2 atom stereocenters. The van der Waals surface area contributed by atoms with Gasteiger partial charge in [0, 0.05) is 12.3 Å². The van der Waals surface area contributed by atoms with Crippen LogP contribution in [0.25, 0.3) is 0 Å². The number of ketones is 1. The van der Waals surface area contributed by atoms with Crippen LogP contribution in [0, 0.1) is 11.8 Å². The van der Waals surface area contributed by atoms with Gasteiger partial charge in [-0.3, -0.25) is 4.79 Å². The van der Waals surface area contributed by atoms with Crippen molar-refractivity contribution in [3.63, 3.8) is 0 Å². The van der Waals surface area contributed by atoms with Crippen LogP contribution in [-0.4, -0.2) is 16.5 Å². The predicted molar refractivity (Wildman–Crippen MR) is 70.7 cm³/mol. The predicted octanol–water partition coefficient (Wildman–Crippen LogP) is 3.27. The fourth-order valence-electron chi connectivity index (χ4n) is 2.11. The molecule has 1 rings (SSSR count). The van der Waals surface area contributed by atoms with Crippen LogP contribution in [0.4, 0.5) is 0 Å². The van der Waals surface area contributed by atoms with E-state index < -0.39 is 5.60 Å². The highest BCUT2D eigenvalue weighted by Gasteiger charge is 2.25. The van der Waals surface area contributed by atoms with E-state index in [1.807, 2.05) is 13.8 Å². The maximum Gasteiger partial charge on any atom is 0.158 e. The maximum absolute atomic E-state index is 11.7. The minimum absolute atomic E-state index is 0.0904. The van der Waals surface area contributed by atoms with Crippen LogP contribution in [-0.2, 0) is 4.79 Å². The molecule has 0 radical (unpaired) electrons. The Morgan fingerprint density at radius 3 is 2.53 bits per heavy atom. The molecule has 0 amide bonds. The van der Waals surface area contributed by atoms with Crippen molar-refractivity contribution in [2.75, 3.05) is 0 Å². The van der Waals surface area contributed by atoms with Gasteiger partial charge in [0.05, 0.1) is 5.60 Å². The first kappa shape index (κ1) is 14.2. The Morgan fingerprint density at radius 2 is 1.94 bits per heavy atom. The van der Waals surface area contributed by atoms with E-state index >= 15 is 0 Å². The number of hydrogen-bond donors (Lipinski definition) is 1. The molecule has 2 heteroatoms. The fraction of sp³-hybridized carbons (Fsp3) is 0.667. The molecule has 0 bridgehead atoms. The van der Waals surface area contributed by atoms with Crippen LogP contribution in [0.5, 0.6) is 0 Å². The van der Waals surface area contributed by atoms with Crippen LogP contribution in [0.3, 0.4) is 0 Å². The van der Waals surface area contributed by atoms with Crippen LogP contribution < -0.4 is 0 Å². The molecule has 0 aliphatic heterocycles. The number of carbonyl (C=O) groups is 1. The maximum atomic E-state index is 11.7. The Balaban J connectivity index is 2.84. The van der Waals surface area contributed by atoms with Crippen molar-refractivity contribution in [2.45, 2.75) is 52.1 Å². The summed E-state index contributed by atoms with van der Waals surface area (Å²) >= 11 is 0. The third kappa shape index (κ3) is 4.47. The summed E-state index contributed by atoms with van der Waals surface area (Å²) in [5.74, 6) is 0.656. The van der Waals surface area contributed by atoms with Gasteiger partial charge in [-0.15, -0.1) is 0 Å². The van der Waals surface area contributed by atoms with Gasteiger partial charge in [0.2, 0.25) is 0 Å². The van der Waals surface area contributed by atoms with Gasteiger partial charge in [-0.05, 0) is 44.6 Å². The van der Waals surface area contributed by atoms with E-state index in [0.717, 1.165) is 12.8 Å². The Kier molecular flexibility index (Phi) is 4.70. The lowest BCUT2D eigenvalue weighted by molar-refractivity contribution is -0.116.